The standard InChI is InChI=1S/C14H17Cl2N3OS/c15-11-4-2-1-3-10(11)7-14(20,13(16)5-6-13)8-19-12(21)17-9-18-19/h1-4,18,20H,5-9H2,(H,17,21)/p-1. The minimum absolute atomic E-state index is 0.296. The predicted octanol–water partition coefficient (Wildman–Crippen LogP) is 2.07. The summed E-state index contributed by atoms with van der Waals surface area (Å²) in [5, 5.41) is 14.0. The van der Waals surface area contributed by atoms with Crippen LogP contribution in [0.1, 0.15) is 18.4 Å². The summed E-state index contributed by atoms with van der Waals surface area (Å²) in [4.78, 5) is 3.48. The molecule has 0 radical (unpaired) electrons. The second kappa shape index (κ2) is 5.56. The van der Waals surface area contributed by atoms with E-state index in [0.717, 1.165) is 18.4 Å². The van der Waals surface area contributed by atoms with Gasteiger partial charge < -0.3 is 22.7 Å². The molecule has 1 saturated carbocycles. The predicted molar refractivity (Wildman–Crippen MR) is 87.4 cm³/mol. The minimum atomic E-state index is -1.11. The largest absolute Gasteiger partial charge is 0.741 e. The topological polar surface area (TPSA) is 47.9 Å². The fourth-order valence-electron chi connectivity index (χ4n) is 2.61. The molecule has 2 N–H and O–H groups in total. The summed E-state index contributed by atoms with van der Waals surface area (Å²) >= 11 is 17.9. The average molecular weight is 345 g/mol. The molecule has 3 rings (SSSR count). The Hall–Kier alpha value is -0.590. The Bertz CT molecular complexity index is 579. The van der Waals surface area contributed by atoms with Crippen LogP contribution in [-0.2, 0) is 19.0 Å². The maximum atomic E-state index is 11.2. The van der Waals surface area contributed by atoms with E-state index in [1.54, 1.807) is 5.01 Å². The van der Waals surface area contributed by atoms with Crippen LogP contribution < -0.4 is 5.43 Å². The fraction of sp³-hybridized carbons (Fsp3) is 0.500. The SMILES string of the molecule is OC(Cc1ccccc1Cl)(CN1NCN=C1[S-])C1(Cl)CC1. The molecule has 0 spiro atoms. The molecule has 1 atom stereocenters. The van der Waals surface area contributed by atoms with E-state index in [4.69, 9.17) is 35.8 Å². The Morgan fingerprint density at radius 3 is 2.71 bits per heavy atom. The Morgan fingerprint density at radius 2 is 2.14 bits per heavy atom. The molecule has 0 amide bonds. The van der Waals surface area contributed by atoms with Gasteiger partial charge in [0, 0.05) is 11.4 Å². The zero-order chi connectivity index (χ0) is 15.1. The van der Waals surface area contributed by atoms with Gasteiger partial charge in [-0.25, -0.2) is 5.43 Å². The molecule has 2 aliphatic rings. The quantitative estimate of drug-likeness (QED) is 0.634. The summed E-state index contributed by atoms with van der Waals surface area (Å²) in [6.07, 6.45) is 1.96. The van der Waals surface area contributed by atoms with Gasteiger partial charge in [0.05, 0.1) is 11.4 Å². The highest BCUT2D eigenvalue weighted by atomic mass is 35.5. The van der Waals surface area contributed by atoms with Gasteiger partial charge in [-0.1, -0.05) is 29.8 Å². The van der Waals surface area contributed by atoms with Crippen LogP contribution in [0.25, 0.3) is 0 Å². The summed E-state index contributed by atoms with van der Waals surface area (Å²) < 4.78 is 0. The van der Waals surface area contributed by atoms with Gasteiger partial charge in [0.2, 0.25) is 0 Å². The first kappa shape index (κ1) is 15.3. The number of halogens is 2. The number of hydrazine groups is 1. The minimum Gasteiger partial charge on any atom is -0.741 e. The van der Waals surface area contributed by atoms with Crippen molar-refractivity contribution in [1.29, 1.82) is 0 Å². The molecule has 114 valence electrons. The molecule has 21 heavy (non-hydrogen) atoms. The number of nitrogens with one attached hydrogen (secondary N) is 1. The molecule has 0 saturated heterocycles. The number of hydrogen-bond donors (Lipinski definition) is 2. The number of rotatable bonds is 5. The third kappa shape index (κ3) is 2.98. The maximum absolute atomic E-state index is 11.2. The highest BCUT2D eigenvalue weighted by Gasteiger charge is 2.58. The number of alkyl halides is 1. The van der Waals surface area contributed by atoms with Crippen molar-refractivity contribution in [2.75, 3.05) is 13.2 Å². The molecule has 7 heteroatoms. The average Bonchev–Trinajstić information content (AvgIpc) is 3.09. The van der Waals surface area contributed by atoms with E-state index in [1.165, 1.54) is 0 Å². The van der Waals surface area contributed by atoms with Crippen LogP contribution in [0.2, 0.25) is 5.02 Å². The van der Waals surface area contributed by atoms with E-state index < -0.39 is 10.5 Å². The molecule has 1 aliphatic heterocycles. The number of aliphatic hydroxyl groups is 1. The molecule has 4 nitrogen and oxygen atoms in total. The van der Waals surface area contributed by atoms with Crippen LogP contribution in [0.5, 0.6) is 0 Å². The smallest absolute Gasteiger partial charge is 0.107 e. The van der Waals surface area contributed by atoms with Gasteiger partial charge in [-0.3, -0.25) is 4.99 Å². The summed E-state index contributed by atoms with van der Waals surface area (Å²) in [6.45, 7) is 0.736. The summed E-state index contributed by atoms with van der Waals surface area (Å²) in [6, 6.07) is 7.51. The third-order valence-corrected chi connectivity index (χ3v) is 5.54. The van der Waals surface area contributed by atoms with E-state index in [9.17, 15) is 5.11 Å². The number of aliphatic imine (C=N–C) groups is 1. The van der Waals surface area contributed by atoms with Crippen molar-refractivity contribution in [1.82, 2.24) is 10.4 Å². The van der Waals surface area contributed by atoms with Crippen molar-refractivity contribution in [2.24, 2.45) is 4.99 Å². The Kier molecular flexibility index (Phi) is 4.05. The highest BCUT2D eigenvalue weighted by Crippen LogP contribution is 2.52. The molecule has 1 heterocycles. The van der Waals surface area contributed by atoms with Crippen molar-refractivity contribution >= 4 is 41.0 Å². The Balaban J connectivity index is 1.84. The molecule has 1 aromatic rings. The van der Waals surface area contributed by atoms with Gasteiger partial charge in [0.15, 0.2) is 0 Å². The van der Waals surface area contributed by atoms with Crippen molar-refractivity contribution in [2.45, 2.75) is 29.7 Å². The van der Waals surface area contributed by atoms with E-state index in [1.807, 2.05) is 24.3 Å². The van der Waals surface area contributed by atoms with Gasteiger partial charge in [-0.15, -0.1) is 11.6 Å². The molecular formula is C14H16Cl2N3OS-. The Morgan fingerprint density at radius 1 is 1.43 bits per heavy atom. The molecule has 1 fully saturated rings. The van der Waals surface area contributed by atoms with Gasteiger partial charge >= 0.3 is 0 Å². The molecule has 0 aromatic heterocycles. The van der Waals surface area contributed by atoms with Gasteiger partial charge in [-0.05, 0) is 29.6 Å². The first-order chi connectivity index (χ1) is 9.94. The van der Waals surface area contributed by atoms with E-state index >= 15 is 0 Å². The fourth-order valence-corrected chi connectivity index (χ4v) is 3.23. The second-order valence-corrected chi connectivity index (χ2v) is 7.10. The van der Waals surface area contributed by atoms with Crippen LogP contribution in [0, 0.1) is 0 Å². The van der Waals surface area contributed by atoms with Gasteiger partial charge in [0.25, 0.3) is 0 Å². The Labute approximate surface area is 139 Å². The zero-order valence-electron chi connectivity index (χ0n) is 11.4. The molecule has 1 aromatic carbocycles. The number of nitrogens with zero attached hydrogens (tertiary/aromatic N) is 2. The summed E-state index contributed by atoms with van der Waals surface area (Å²) in [5.41, 5.74) is 2.81. The molecular weight excluding hydrogens is 329 g/mol. The monoisotopic (exact) mass is 344 g/mol. The van der Waals surface area contributed by atoms with Crippen LogP contribution in [0.4, 0.5) is 0 Å². The van der Waals surface area contributed by atoms with Crippen LogP contribution in [0.15, 0.2) is 29.3 Å². The van der Waals surface area contributed by atoms with Crippen LogP contribution in [0.3, 0.4) is 0 Å². The first-order valence-electron chi connectivity index (χ1n) is 6.81. The third-order valence-electron chi connectivity index (χ3n) is 4.09. The van der Waals surface area contributed by atoms with Crippen molar-refractivity contribution in [3.8, 4) is 0 Å². The van der Waals surface area contributed by atoms with Gasteiger partial charge in [-0.2, -0.15) is 0 Å². The second-order valence-electron chi connectivity index (χ2n) is 5.61. The normalized spacial score (nSPS) is 22.8. The lowest BCUT2D eigenvalue weighted by atomic mass is 9.88. The molecule has 1 aliphatic carbocycles. The van der Waals surface area contributed by atoms with Crippen LogP contribution in [-0.4, -0.2) is 39.0 Å². The summed E-state index contributed by atoms with van der Waals surface area (Å²) in [7, 11) is 0. The maximum Gasteiger partial charge on any atom is 0.107 e. The lowest BCUT2D eigenvalue weighted by Crippen LogP contribution is -2.55. The zero-order valence-corrected chi connectivity index (χ0v) is 13.7. The molecule has 0 bridgehead atoms. The lowest BCUT2D eigenvalue weighted by Gasteiger charge is -2.39. The van der Waals surface area contributed by atoms with Crippen molar-refractivity contribution < 1.29 is 5.11 Å². The van der Waals surface area contributed by atoms with Gasteiger partial charge in [0.1, 0.15) is 12.3 Å². The van der Waals surface area contributed by atoms with E-state index in [0.29, 0.717) is 29.8 Å². The lowest BCUT2D eigenvalue weighted by molar-refractivity contribution is 0.00249. The van der Waals surface area contributed by atoms with E-state index in [-0.39, 0.29) is 0 Å². The number of β-amino-alcohol motifs (C(OH)–C–C–N with tert-alkyl or cyclic N) is 1. The van der Waals surface area contributed by atoms with Crippen LogP contribution >= 0.6 is 23.2 Å². The first-order valence-corrected chi connectivity index (χ1v) is 7.97. The highest BCUT2D eigenvalue weighted by molar-refractivity contribution is 7.77. The summed E-state index contributed by atoms with van der Waals surface area (Å²) in [5.74, 6) is 0. The number of hydrogen-bond acceptors (Lipinski definition) is 5. The number of benzene rings is 1. The number of amidine groups is 1. The van der Waals surface area contributed by atoms with E-state index in [2.05, 4.69) is 10.4 Å². The molecule has 1 unspecified atom stereocenters. The van der Waals surface area contributed by atoms with Crippen molar-refractivity contribution in [3.05, 3.63) is 34.9 Å². The van der Waals surface area contributed by atoms with Crippen molar-refractivity contribution in [3.63, 3.8) is 0 Å².